The zero-order valence-electron chi connectivity index (χ0n) is 6.41. The van der Waals surface area contributed by atoms with Crippen molar-refractivity contribution in [1.82, 2.24) is 5.32 Å². The quantitative estimate of drug-likeness (QED) is 0.629. The van der Waals surface area contributed by atoms with Gasteiger partial charge in [-0.2, -0.15) is 13.2 Å². The number of hydrogen-bond acceptors (Lipinski definition) is 1. The van der Waals surface area contributed by atoms with Crippen molar-refractivity contribution in [3.8, 4) is 0 Å². The third-order valence-corrected chi connectivity index (χ3v) is 2.31. The standard InChI is InChI=1S/C7H12F3N/c1-11-6-4-2-3-5(6)7(8,9)10/h5-6,11H,2-4H2,1H3. The molecule has 0 aromatic heterocycles. The van der Waals surface area contributed by atoms with Gasteiger partial charge in [0.05, 0.1) is 5.92 Å². The molecule has 11 heavy (non-hydrogen) atoms. The second kappa shape index (κ2) is 3.01. The average molecular weight is 167 g/mol. The van der Waals surface area contributed by atoms with Crippen LogP contribution in [0.15, 0.2) is 0 Å². The lowest BCUT2D eigenvalue weighted by Crippen LogP contribution is -2.37. The Bertz CT molecular complexity index is 132. The summed E-state index contributed by atoms with van der Waals surface area (Å²) in [6, 6.07) is -0.352. The third-order valence-electron chi connectivity index (χ3n) is 2.31. The first-order valence-electron chi connectivity index (χ1n) is 3.79. The van der Waals surface area contributed by atoms with Gasteiger partial charge in [-0.25, -0.2) is 0 Å². The summed E-state index contributed by atoms with van der Waals surface area (Å²) < 4.78 is 36.5. The van der Waals surface area contributed by atoms with E-state index in [2.05, 4.69) is 5.32 Å². The van der Waals surface area contributed by atoms with E-state index in [1.807, 2.05) is 0 Å². The van der Waals surface area contributed by atoms with Crippen LogP contribution in [0.3, 0.4) is 0 Å². The molecular weight excluding hydrogens is 155 g/mol. The highest BCUT2D eigenvalue weighted by atomic mass is 19.4. The van der Waals surface area contributed by atoms with Gasteiger partial charge in [-0.3, -0.25) is 0 Å². The molecule has 1 aliphatic rings. The molecule has 0 spiro atoms. The smallest absolute Gasteiger partial charge is 0.316 e. The first-order valence-corrected chi connectivity index (χ1v) is 3.79. The summed E-state index contributed by atoms with van der Waals surface area (Å²) in [5.74, 6) is -1.12. The van der Waals surface area contributed by atoms with Gasteiger partial charge < -0.3 is 5.32 Å². The van der Waals surface area contributed by atoms with Gasteiger partial charge in [0.25, 0.3) is 0 Å². The molecule has 1 nitrogen and oxygen atoms in total. The van der Waals surface area contributed by atoms with Crippen molar-refractivity contribution in [2.24, 2.45) is 5.92 Å². The minimum Gasteiger partial charge on any atom is -0.316 e. The lowest BCUT2D eigenvalue weighted by Gasteiger charge is -2.21. The van der Waals surface area contributed by atoms with E-state index >= 15 is 0 Å². The Balaban J connectivity index is 2.57. The number of nitrogens with one attached hydrogen (secondary N) is 1. The van der Waals surface area contributed by atoms with Gasteiger partial charge in [-0.15, -0.1) is 0 Å². The summed E-state index contributed by atoms with van der Waals surface area (Å²) in [5, 5.41) is 2.70. The molecule has 66 valence electrons. The van der Waals surface area contributed by atoms with Crippen LogP contribution in [0.1, 0.15) is 19.3 Å². The molecule has 1 fully saturated rings. The van der Waals surface area contributed by atoms with Gasteiger partial charge in [-0.1, -0.05) is 6.42 Å². The number of rotatable bonds is 1. The molecule has 0 radical (unpaired) electrons. The molecule has 1 saturated carbocycles. The second-order valence-corrected chi connectivity index (χ2v) is 2.97. The average Bonchev–Trinajstić information content (AvgIpc) is 2.31. The normalized spacial score (nSPS) is 32.7. The summed E-state index contributed by atoms with van der Waals surface area (Å²) in [4.78, 5) is 0. The van der Waals surface area contributed by atoms with E-state index in [1.165, 1.54) is 0 Å². The van der Waals surface area contributed by atoms with Crippen LogP contribution in [0.4, 0.5) is 13.2 Å². The minimum absolute atomic E-state index is 0.287. The molecule has 4 heteroatoms. The molecule has 1 N–H and O–H groups in total. The Hall–Kier alpha value is -0.250. The molecule has 0 heterocycles. The third kappa shape index (κ3) is 1.86. The van der Waals surface area contributed by atoms with E-state index in [1.54, 1.807) is 7.05 Å². The van der Waals surface area contributed by atoms with Gasteiger partial charge in [0, 0.05) is 6.04 Å². The van der Waals surface area contributed by atoms with Crippen molar-refractivity contribution in [1.29, 1.82) is 0 Å². The van der Waals surface area contributed by atoms with E-state index in [0.29, 0.717) is 12.8 Å². The second-order valence-electron chi connectivity index (χ2n) is 2.97. The van der Waals surface area contributed by atoms with Crippen LogP contribution < -0.4 is 5.32 Å². The highest BCUT2D eigenvalue weighted by Gasteiger charge is 2.46. The predicted molar refractivity (Wildman–Crippen MR) is 36.2 cm³/mol. The number of halogens is 3. The molecule has 0 saturated heterocycles. The van der Waals surface area contributed by atoms with Gasteiger partial charge in [0.2, 0.25) is 0 Å². The first kappa shape index (κ1) is 8.84. The van der Waals surface area contributed by atoms with Crippen molar-refractivity contribution in [3.05, 3.63) is 0 Å². The molecule has 0 bridgehead atoms. The Labute approximate surface area is 64.0 Å². The summed E-state index contributed by atoms with van der Waals surface area (Å²) in [6.45, 7) is 0. The monoisotopic (exact) mass is 167 g/mol. The minimum atomic E-state index is -4.01. The summed E-state index contributed by atoms with van der Waals surface area (Å²) in [5.41, 5.74) is 0. The fourth-order valence-corrected chi connectivity index (χ4v) is 1.70. The number of alkyl halides is 3. The van der Waals surface area contributed by atoms with Crippen molar-refractivity contribution < 1.29 is 13.2 Å². The maximum Gasteiger partial charge on any atom is 0.393 e. The number of hydrogen-bond donors (Lipinski definition) is 1. The van der Waals surface area contributed by atoms with Crippen molar-refractivity contribution in [2.75, 3.05) is 7.05 Å². The molecule has 0 aromatic rings. The maximum atomic E-state index is 12.2. The topological polar surface area (TPSA) is 12.0 Å². The molecule has 1 rings (SSSR count). The van der Waals surface area contributed by atoms with Crippen molar-refractivity contribution in [3.63, 3.8) is 0 Å². The van der Waals surface area contributed by atoms with E-state index < -0.39 is 12.1 Å². The van der Waals surface area contributed by atoms with Gasteiger partial charge in [-0.05, 0) is 19.9 Å². The zero-order chi connectivity index (χ0) is 8.48. The summed E-state index contributed by atoms with van der Waals surface area (Å²) in [7, 11) is 1.59. The van der Waals surface area contributed by atoms with Crippen LogP contribution >= 0.6 is 0 Å². The van der Waals surface area contributed by atoms with Crippen LogP contribution in [0, 0.1) is 5.92 Å². The van der Waals surface area contributed by atoms with Crippen LogP contribution in [0.2, 0.25) is 0 Å². The Morgan fingerprint density at radius 3 is 2.27 bits per heavy atom. The predicted octanol–water partition coefficient (Wildman–Crippen LogP) is 1.94. The summed E-state index contributed by atoms with van der Waals surface area (Å²) in [6.07, 6.45) is -2.38. The van der Waals surface area contributed by atoms with E-state index in [4.69, 9.17) is 0 Å². The molecule has 0 amide bonds. The van der Waals surface area contributed by atoms with Gasteiger partial charge >= 0.3 is 6.18 Å². The fraction of sp³-hybridized carbons (Fsp3) is 1.00. The van der Waals surface area contributed by atoms with Crippen LogP contribution in [0.25, 0.3) is 0 Å². The lowest BCUT2D eigenvalue weighted by atomic mass is 10.0. The highest BCUT2D eigenvalue weighted by molar-refractivity contribution is 4.86. The lowest BCUT2D eigenvalue weighted by molar-refractivity contribution is -0.177. The van der Waals surface area contributed by atoms with Crippen LogP contribution in [-0.2, 0) is 0 Å². The molecule has 0 aliphatic heterocycles. The molecule has 2 unspecified atom stereocenters. The van der Waals surface area contributed by atoms with E-state index in [9.17, 15) is 13.2 Å². The maximum absolute atomic E-state index is 12.2. The zero-order valence-corrected chi connectivity index (χ0v) is 6.41. The largest absolute Gasteiger partial charge is 0.393 e. The van der Waals surface area contributed by atoms with E-state index in [0.717, 1.165) is 0 Å². The molecule has 2 atom stereocenters. The van der Waals surface area contributed by atoms with Crippen molar-refractivity contribution in [2.45, 2.75) is 31.5 Å². The Kier molecular flexibility index (Phi) is 2.42. The summed E-state index contributed by atoms with van der Waals surface area (Å²) >= 11 is 0. The van der Waals surface area contributed by atoms with Crippen molar-refractivity contribution >= 4 is 0 Å². The van der Waals surface area contributed by atoms with E-state index in [-0.39, 0.29) is 12.5 Å². The van der Waals surface area contributed by atoms with Crippen LogP contribution in [0.5, 0.6) is 0 Å². The molecular formula is C7H12F3N. The molecule has 0 aromatic carbocycles. The Morgan fingerprint density at radius 1 is 1.27 bits per heavy atom. The first-order chi connectivity index (χ1) is 5.05. The molecule has 1 aliphatic carbocycles. The Morgan fingerprint density at radius 2 is 1.91 bits per heavy atom. The SMILES string of the molecule is CNC1CCCC1C(F)(F)F. The van der Waals surface area contributed by atoms with Gasteiger partial charge in [0.1, 0.15) is 0 Å². The highest BCUT2D eigenvalue weighted by Crippen LogP contribution is 2.38. The van der Waals surface area contributed by atoms with Crippen LogP contribution in [-0.4, -0.2) is 19.3 Å². The fourth-order valence-electron chi connectivity index (χ4n) is 1.70. The van der Waals surface area contributed by atoms with Gasteiger partial charge in [0.15, 0.2) is 0 Å².